The molecule has 0 heterocycles. The zero-order valence-electron chi connectivity index (χ0n) is 8.11. The molecule has 0 amide bonds. The highest BCUT2D eigenvalue weighted by atomic mass is 16.3. The van der Waals surface area contributed by atoms with Gasteiger partial charge in [-0.1, -0.05) is 6.07 Å². The minimum atomic E-state index is 0.289. The van der Waals surface area contributed by atoms with Crippen LogP contribution in [0, 0.1) is 0 Å². The molecule has 0 radical (unpaired) electrons. The van der Waals surface area contributed by atoms with Crippen LogP contribution in [0.15, 0.2) is 18.2 Å². The van der Waals surface area contributed by atoms with Crippen molar-refractivity contribution in [2.24, 2.45) is 5.73 Å². The zero-order valence-corrected chi connectivity index (χ0v) is 8.11. The SMILES string of the molecule is Nc1ccc(C2CCC(N)C2)c(O)c1. The molecule has 0 bridgehead atoms. The third-order valence-corrected chi connectivity index (χ3v) is 2.97. The third kappa shape index (κ3) is 1.68. The van der Waals surface area contributed by atoms with Crippen molar-refractivity contribution in [2.45, 2.75) is 31.2 Å². The quantitative estimate of drug-likeness (QED) is 0.591. The number of aromatic hydroxyl groups is 1. The van der Waals surface area contributed by atoms with E-state index in [-0.39, 0.29) is 6.04 Å². The lowest BCUT2D eigenvalue weighted by molar-refractivity contribution is 0.461. The molecule has 0 aliphatic heterocycles. The largest absolute Gasteiger partial charge is 0.508 e. The van der Waals surface area contributed by atoms with Gasteiger partial charge in [-0.3, -0.25) is 0 Å². The van der Waals surface area contributed by atoms with Gasteiger partial charge in [-0.25, -0.2) is 0 Å². The Kier molecular flexibility index (Phi) is 2.33. The summed E-state index contributed by atoms with van der Waals surface area (Å²) in [6, 6.07) is 5.64. The summed E-state index contributed by atoms with van der Waals surface area (Å²) in [5.41, 5.74) is 13.0. The van der Waals surface area contributed by atoms with Crippen LogP contribution in [0.3, 0.4) is 0 Å². The first-order valence-corrected chi connectivity index (χ1v) is 5.01. The smallest absolute Gasteiger partial charge is 0.121 e. The molecule has 1 fully saturated rings. The predicted octanol–water partition coefficient (Wildman–Crippen LogP) is 1.57. The Bertz CT molecular complexity index is 338. The molecule has 14 heavy (non-hydrogen) atoms. The monoisotopic (exact) mass is 192 g/mol. The van der Waals surface area contributed by atoms with Crippen molar-refractivity contribution < 1.29 is 5.11 Å². The van der Waals surface area contributed by atoms with E-state index in [2.05, 4.69) is 0 Å². The molecule has 1 aliphatic rings. The van der Waals surface area contributed by atoms with Crippen LogP contribution < -0.4 is 11.5 Å². The van der Waals surface area contributed by atoms with Crippen LogP contribution in [0.5, 0.6) is 5.75 Å². The third-order valence-electron chi connectivity index (χ3n) is 2.97. The summed E-state index contributed by atoms with van der Waals surface area (Å²) in [6.45, 7) is 0. The number of rotatable bonds is 1. The number of phenols is 1. The molecule has 76 valence electrons. The average molecular weight is 192 g/mol. The molecule has 1 saturated carbocycles. The van der Waals surface area contributed by atoms with Gasteiger partial charge in [0, 0.05) is 17.8 Å². The second kappa shape index (κ2) is 3.50. The van der Waals surface area contributed by atoms with Gasteiger partial charge in [-0.05, 0) is 36.8 Å². The Morgan fingerprint density at radius 2 is 2.07 bits per heavy atom. The highest BCUT2D eigenvalue weighted by Gasteiger charge is 2.24. The van der Waals surface area contributed by atoms with Gasteiger partial charge in [0.2, 0.25) is 0 Å². The molecular weight excluding hydrogens is 176 g/mol. The van der Waals surface area contributed by atoms with Gasteiger partial charge in [0.25, 0.3) is 0 Å². The maximum Gasteiger partial charge on any atom is 0.121 e. The number of hydrogen-bond acceptors (Lipinski definition) is 3. The standard InChI is InChI=1S/C11H16N2O/c12-8-2-1-7(5-8)10-4-3-9(13)6-11(10)14/h3-4,6-8,14H,1-2,5,12-13H2. The summed E-state index contributed by atoms with van der Waals surface area (Å²) in [7, 11) is 0. The first-order chi connectivity index (χ1) is 6.66. The molecule has 2 unspecified atom stereocenters. The minimum Gasteiger partial charge on any atom is -0.508 e. The number of nitrogens with two attached hydrogens (primary N) is 2. The first-order valence-electron chi connectivity index (χ1n) is 5.01. The van der Waals surface area contributed by atoms with E-state index in [0.717, 1.165) is 24.8 Å². The summed E-state index contributed by atoms with van der Waals surface area (Å²) in [6.07, 6.45) is 3.09. The van der Waals surface area contributed by atoms with E-state index in [1.54, 1.807) is 6.07 Å². The Hall–Kier alpha value is -1.22. The Balaban J connectivity index is 2.24. The lowest BCUT2D eigenvalue weighted by atomic mass is 9.96. The Labute approximate surface area is 83.7 Å². The summed E-state index contributed by atoms with van der Waals surface area (Å²) in [4.78, 5) is 0. The highest BCUT2D eigenvalue weighted by molar-refractivity contribution is 5.49. The Morgan fingerprint density at radius 1 is 1.29 bits per heavy atom. The van der Waals surface area contributed by atoms with Gasteiger partial charge in [0.15, 0.2) is 0 Å². The van der Waals surface area contributed by atoms with Crippen LogP contribution in [0.1, 0.15) is 30.7 Å². The molecule has 2 rings (SSSR count). The van der Waals surface area contributed by atoms with E-state index in [1.165, 1.54) is 0 Å². The van der Waals surface area contributed by atoms with Crippen molar-refractivity contribution in [3.63, 3.8) is 0 Å². The lowest BCUT2D eigenvalue weighted by Gasteiger charge is -2.12. The van der Waals surface area contributed by atoms with Crippen LogP contribution in [-0.2, 0) is 0 Å². The van der Waals surface area contributed by atoms with E-state index in [1.807, 2.05) is 12.1 Å². The van der Waals surface area contributed by atoms with Crippen molar-refractivity contribution >= 4 is 5.69 Å². The number of phenolic OH excluding ortho intramolecular Hbond substituents is 1. The van der Waals surface area contributed by atoms with Crippen LogP contribution >= 0.6 is 0 Å². The molecule has 3 heteroatoms. The van der Waals surface area contributed by atoms with E-state index < -0.39 is 0 Å². The molecule has 1 aliphatic carbocycles. The van der Waals surface area contributed by atoms with Gasteiger partial charge in [0.1, 0.15) is 5.75 Å². The van der Waals surface area contributed by atoms with Crippen LogP contribution in [0.2, 0.25) is 0 Å². The summed E-state index contributed by atoms with van der Waals surface area (Å²) < 4.78 is 0. The molecule has 1 aromatic carbocycles. The molecule has 0 spiro atoms. The number of anilines is 1. The zero-order chi connectivity index (χ0) is 10.1. The lowest BCUT2D eigenvalue weighted by Crippen LogP contribution is -2.14. The van der Waals surface area contributed by atoms with E-state index in [0.29, 0.717) is 17.4 Å². The van der Waals surface area contributed by atoms with E-state index >= 15 is 0 Å². The first kappa shape index (κ1) is 9.34. The van der Waals surface area contributed by atoms with Gasteiger partial charge in [0.05, 0.1) is 0 Å². The topological polar surface area (TPSA) is 72.3 Å². The summed E-state index contributed by atoms with van der Waals surface area (Å²) in [5, 5.41) is 9.72. The van der Waals surface area contributed by atoms with Crippen molar-refractivity contribution in [3.8, 4) is 5.75 Å². The molecule has 3 nitrogen and oxygen atoms in total. The fraction of sp³-hybridized carbons (Fsp3) is 0.455. The molecule has 5 N–H and O–H groups in total. The predicted molar refractivity (Wildman–Crippen MR) is 57.1 cm³/mol. The number of nitrogen functional groups attached to an aromatic ring is 1. The normalized spacial score (nSPS) is 26.6. The maximum absolute atomic E-state index is 9.72. The molecular formula is C11H16N2O. The number of benzene rings is 1. The molecule has 2 atom stereocenters. The summed E-state index contributed by atoms with van der Waals surface area (Å²) >= 11 is 0. The summed E-state index contributed by atoms with van der Waals surface area (Å²) in [5.74, 6) is 0.717. The minimum absolute atomic E-state index is 0.289. The van der Waals surface area contributed by atoms with Crippen molar-refractivity contribution in [1.29, 1.82) is 0 Å². The van der Waals surface area contributed by atoms with Crippen molar-refractivity contribution in [2.75, 3.05) is 5.73 Å². The highest BCUT2D eigenvalue weighted by Crippen LogP contribution is 2.38. The van der Waals surface area contributed by atoms with Gasteiger partial charge in [-0.2, -0.15) is 0 Å². The molecule has 0 aromatic heterocycles. The fourth-order valence-electron chi connectivity index (χ4n) is 2.20. The fourth-order valence-corrected chi connectivity index (χ4v) is 2.20. The van der Waals surface area contributed by atoms with Crippen molar-refractivity contribution in [3.05, 3.63) is 23.8 Å². The Morgan fingerprint density at radius 3 is 2.64 bits per heavy atom. The van der Waals surface area contributed by atoms with Crippen LogP contribution in [0.25, 0.3) is 0 Å². The second-order valence-corrected chi connectivity index (χ2v) is 4.09. The van der Waals surface area contributed by atoms with Gasteiger partial charge < -0.3 is 16.6 Å². The van der Waals surface area contributed by atoms with Gasteiger partial charge >= 0.3 is 0 Å². The van der Waals surface area contributed by atoms with Crippen molar-refractivity contribution in [1.82, 2.24) is 0 Å². The maximum atomic E-state index is 9.72. The van der Waals surface area contributed by atoms with Crippen LogP contribution in [0.4, 0.5) is 5.69 Å². The average Bonchev–Trinajstić information content (AvgIpc) is 2.51. The molecule has 1 aromatic rings. The molecule has 0 saturated heterocycles. The van der Waals surface area contributed by atoms with Gasteiger partial charge in [-0.15, -0.1) is 0 Å². The van der Waals surface area contributed by atoms with E-state index in [9.17, 15) is 5.11 Å². The second-order valence-electron chi connectivity index (χ2n) is 4.09. The number of hydrogen-bond donors (Lipinski definition) is 3. The van der Waals surface area contributed by atoms with Crippen LogP contribution in [-0.4, -0.2) is 11.1 Å². The van der Waals surface area contributed by atoms with E-state index in [4.69, 9.17) is 11.5 Å².